The number of pyridine rings is 3. The molecule has 190 valence electrons. The number of rotatable bonds is 4. The first-order chi connectivity index (χ1) is 18.3. The van der Waals surface area contributed by atoms with Crippen molar-refractivity contribution in [1.29, 1.82) is 0 Å². The van der Waals surface area contributed by atoms with Crippen LogP contribution in [0.3, 0.4) is 0 Å². The molecular weight excluding hydrogens is 518 g/mol. The van der Waals surface area contributed by atoms with Crippen molar-refractivity contribution in [3.63, 3.8) is 0 Å². The van der Waals surface area contributed by atoms with Crippen molar-refractivity contribution in [2.24, 2.45) is 10.4 Å². The van der Waals surface area contributed by atoms with Crippen LogP contribution in [0.4, 0.5) is 5.69 Å². The number of aromatic nitrogens is 5. The number of fused-ring (bicyclic) bond motifs is 2. The highest BCUT2D eigenvalue weighted by Gasteiger charge is 2.24. The molecule has 0 saturated carbocycles. The molecule has 0 saturated heterocycles. The lowest BCUT2D eigenvalue weighted by atomic mass is 9.95. The Labute approximate surface area is 228 Å². The molecule has 0 radical (unpaired) electrons. The van der Waals surface area contributed by atoms with E-state index in [1.165, 1.54) is 11.3 Å². The van der Waals surface area contributed by atoms with Crippen LogP contribution in [0.5, 0.6) is 0 Å². The van der Waals surface area contributed by atoms with E-state index >= 15 is 0 Å². The van der Waals surface area contributed by atoms with Crippen LogP contribution in [-0.4, -0.2) is 43.1 Å². The van der Waals surface area contributed by atoms with Crippen molar-refractivity contribution in [2.75, 3.05) is 11.9 Å². The molecule has 0 aliphatic carbocycles. The van der Waals surface area contributed by atoms with Crippen molar-refractivity contribution in [3.05, 3.63) is 76.5 Å². The van der Waals surface area contributed by atoms with Gasteiger partial charge in [0.1, 0.15) is 11.2 Å². The van der Waals surface area contributed by atoms with E-state index in [9.17, 15) is 4.79 Å². The first-order valence-corrected chi connectivity index (χ1v) is 13.4. The van der Waals surface area contributed by atoms with E-state index in [4.69, 9.17) is 26.6 Å². The maximum atomic E-state index is 12.5. The van der Waals surface area contributed by atoms with Gasteiger partial charge in [0, 0.05) is 40.4 Å². The Bertz CT molecular complexity index is 1730. The van der Waals surface area contributed by atoms with Crippen molar-refractivity contribution < 1.29 is 4.79 Å². The number of imidazole rings is 1. The molecule has 10 heteroatoms. The van der Waals surface area contributed by atoms with Gasteiger partial charge in [-0.25, -0.2) is 9.97 Å². The van der Waals surface area contributed by atoms with E-state index in [1.54, 1.807) is 24.8 Å². The summed E-state index contributed by atoms with van der Waals surface area (Å²) in [4.78, 5) is 40.3. The number of nitrogens with one attached hydrogen (secondary N) is 2. The Morgan fingerprint density at radius 2 is 1.89 bits per heavy atom. The minimum Gasteiger partial charge on any atom is -0.335 e. The standard InChI is InChI=1S/C28H24ClN7OS/c1-28(2,3)27(37)33-17-10-16(11-30-12-17)19-5-4-15-8-9-32-25(23(15)34-19)26-35-20-14-31-13-18(24(20)36-26)21-6-7-22(29)38-21/h4-7,10-14H,8-9H2,1-3H3,(H,33,37)(H,35,36). The summed E-state index contributed by atoms with van der Waals surface area (Å²) in [7, 11) is 0. The van der Waals surface area contributed by atoms with Crippen LogP contribution in [-0.2, 0) is 11.2 Å². The highest BCUT2D eigenvalue weighted by Crippen LogP contribution is 2.34. The first-order valence-electron chi connectivity index (χ1n) is 12.2. The molecule has 8 nitrogen and oxygen atoms in total. The molecule has 6 heterocycles. The topological polar surface area (TPSA) is 109 Å². The van der Waals surface area contributed by atoms with Gasteiger partial charge in [-0.3, -0.25) is 19.8 Å². The highest BCUT2D eigenvalue weighted by atomic mass is 35.5. The summed E-state index contributed by atoms with van der Waals surface area (Å²) in [5, 5.41) is 2.94. The first kappa shape index (κ1) is 24.4. The van der Waals surface area contributed by atoms with Crippen LogP contribution >= 0.6 is 22.9 Å². The van der Waals surface area contributed by atoms with Gasteiger partial charge in [-0.1, -0.05) is 38.4 Å². The van der Waals surface area contributed by atoms with E-state index in [0.717, 1.165) is 50.4 Å². The van der Waals surface area contributed by atoms with Crippen LogP contribution in [0, 0.1) is 5.41 Å². The van der Waals surface area contributed by atoms with Crippen LogP contribution in [0.15, 0.2) is 60.1 Å². The van der Waals surface area contributed by atoms with E-state index in [2.05, 4.69) is 26.3 Å². The Morgan fingerprint density at radius 1 is 1.05 bits per heavy atom. The second-order valence-electron chi connectivity index (χ2n) is 10.1. The Balaban J connectivity index is 1.38. The third kappa shape index (κ3) is 4.59. The second-order valence-corrected chi connectivity index (χ2v) is 11.8. The van der Waals surface area contributed by atoms with Gasteiger partial charge in [0.2, 0.25) is 5.91 Å². The van der Waals surface area contributed by atoms with Gasteiger partial charge >= 0.3 is 0 Å². The summed E-state index contributed by atoms with van der Waals surface area (Å²) in [6.07, 6.45) is 7.75. The minimum absolute atomic E-state index is 0.0761. The van der Waals surface area contributed by atoms with E-state index in [0.29, 0.717) is 28.1 Å². The normalized spacial score (nSPS) is 13.3. The zero-order chi connectivity index (χ0) is 26.4. The van der Waals surface area contributed by atoms with Crippen molar-refractivity contribution in [2.45, 2.75) is 27.2 Å². The van der Waals surface area contributed by atoms with E-state index in [-0.39, 0.29) is 5.91 Å². The lowest BCUT2D eigenvalue weighted by molar-refractivity contribution is -0.123. The number of thiophene rings is 1. The largest absolute Gasteiger partial charge is 0.335 e. The number of carbonyl (C=O) groups excluding carboxylic acids is 1. The molecule has 6 rings (SSSR count). The molecule has 0 aromatic carbocycles. The Morgan fingerprint density at radius 3 is 2.68 bits per heavy atom. The van der Waals surface area contributed by atoms with Crippen LogP contribution < -0.4 is 5.32 Å². The number of hydrogen-bond acceptors (Lipinski definition) is 7. The molecule has 5 aromatic rings. The van der Waals surface area contributed by atoms with Gasteiger partial charge in [0.15, 0.2) is 5.82 Å². The monoisotopic (exact) mass is 541 g/mol. The number of H-pyrrole nitrogens is 1. The molecule has 38 heavy (non-hydrogen) atoms. The summed E-state index contributed by atoms with van der Waals surface area (Å²) in [6.45, 7) is 6.27. The van der Waals surface area contributed by atoms with Gasteiger partial charge in [0.25, 0.3) is 0 Å². The van der Waals surface area contributed by atoms with Gasteiger partial charge < -0.3 is 10.3 Å². The van der Waals surface area contributed by atoms with Crippen molar-refractivity contribution in [3.8, 4) is 21.7 Å². The number of amides is 1. The lowest BCUT2D eigenvalue weighted by Gasteiger charge is -2.18. The number of nitrogens with zero attached hydrogens (tertiary/aromatic N) is 5. The molecule has 1 amide bonds. The van der Waals surface area contributed by atoms with Gasteiger partial charge in [-0.05, 0) is 36.2 Å². The fourth-order valence-corrected chi connectivity index (χ4v) is 5.31. The maximum Gasteiger partial charge on any atom is 0.229 e. The zero-order valence-corrected chi connectivity index (χ0v) is 22.6. The molecular formula is C28H24ClN7OS. The van der Waals surface area contributed by atoms with Crippen LogP contribution in [0.2, 0.25) is 4.34 Å². The predicted molar refractivity (Wildman–Crippen MR) is 152 cm³/mol. The molecule has 1 aliphatic heterocycles. The summed E-state index contributed by atoms with van der Waals surface area (Å²) < 4.78 is 0.714. The smallest absolute Gasteiger partial charge is 0.229 e. The van der Waals surface area contributed by atoms with Gasteiger partial charge in [-0.2, -0.15) is 0 Å². The number of halogens is 1. The number of aromatic amines is 1. The van der Waals surface area contributed by atoms with Crippen molar-refractivity contribution >= 4 is 51.3 Å². The Kier molecular flexibility index (Phi) is 6.04. The Hall–Kier alpha value is -3.95. The third-order valence-electron chi connectivity index (χ3n) is 6.28. The molecule has 0 fully saturated rings. The number of anilines is 1. The fourth-order valence-electron chi connectivity index (χ4n) is 4.26. The van der Waals surface area contributed by atoms with Gasteiger partial charge in [-0.15, -0.1) is 11.3 Å². The minimum atomic E-state index is -0.511. The number of carbonyl (C=O) groups is 1. The maximum absolute atomic E-state index is 12.5. The average Bonchev–Trinajstić information content (AvgIpc) is 3.54. The predicted octanol–water partition coefficient (Wildman–Crippen LogP) is 6.17. The molecule has 0 bridgehead atoms. The fraction of sp³-hybridized carbons (Fsp3) is 0.214. The number of aliphatic imine (C=N–C) groups is 1. The molecule has 0 unspecified atom stereocenters. The van der Waals surface area contributed by atoms with E-state index in [1.807, 2.05) is 45.0 Å². The zero-order valence-electron chi connectivity index (χ0n) is 21.0. The summed E-state index contributed by atoms with van der Waals surface area (Å²) >= 11 is 7.67. The van der Waals surface area contributed by atoms with Crippen LogP contribution in [0.1, 0.15) is 37.9 Å². The third-order valence-corrected chi connectivity index (χ3v) is 7.55. The quantitative estimate of drug-likeness (QED) is 0.282. The highest BCUT2D eigenvalue weighted by molar-refractivity contribution is 7.19. The summed E-state index contributed by atoms with van der Waals surface area (Å²) in [6, 6.07) is 9.80. The summed E-state index contributed by atoms with van der Waals surface area (Å²) in [5.41, 5.74) is 6.80. The van der Waals surface area contributed by atoms with Gasteiger partial charge in [0.05, 0.1) is 39.3 Å². The molecule has 0 spiro atoms. The molecule has 0 atom stereocenters. The van der Waals surface area contributed by atoms with E-state index < -0.39 is 5.41 Å². The molecule has 1 aliphatic rings. The average molecular weight is 542 g/mol. The lowest BCUT2D eigenvalue weighted by Crippen LogP contribution is -2.27. The van der Waals surface area contributed by atoms with Crippen LogP contribution in [0.25, 0.3) is 32.7 Å². The SMILES string of the molecule is CC(C)(C)C(=O)Nc1cncc(-c2ccc3c(n2)C(c2nc4c(-c5ccc(Cl)s5)cncc4[nH]2)=NCC3)c1. The molecule has 5 aromatic heterocycles. The second kappa shape index (κ2) is 9.41. The molecule has 2 N–H and O–H groups in total. The number of hydrogen-bond donors (Lipinski definition) is 2. The van der Waals surface area contributed by atoms with Crippen molar-refractivity contribution in [1.82, 2.24) is 24.9 Å². The summed E-state index contributed by atoms with van der Waals surface area (Å²) in [5.74, 6) is 0.569.